The minimum Gasteiger partial charge on any atom is -0.281 e. The monoisotopic (exact) mass is 346 g/mol. The third-order valence-corrected chi connectivity index (χ3v) is 5.95. The zero-order valence-corrected chi connectivity index (χ0v) is 13.2. The summed E-state index contributed by atoms with van der Waals surface area (Å²) in [5, 5.41) is -0.583. The van der Waals surface area contributed by atoms with Gasteiger partial charge < -0.3 is 0 Å². The maximum absolute atomic E-state index is 11.9. The Hall–Kier alpha value is -0.540. The van der Waals surface area contributed by atoms with E-state index in [2.05, 4.69) is 4.72 Å². The van der Waals surface area contributed by atoms with Gasteiger partial charge in [0.15, 0.2) is 0 Å². The second-order valence-corrected chi connectivity index (χ2v) is 8.62. The Morgan fingerprint density at radius 2 is 1.79 bits per heavy atom. The van der Waals surface area contributed by atoms with Crippen LogP contribution in [0.2, 0.25) is 5.02 Å². The first-order valence-electron chi connectivity index (χ1n) is 4.88. The Labute approximate surface area is 122 Å². The Balaban J connectivity index is 3.30. The molecule has 19 heavy (non-hydrogen) atoms. The minimum absolute atomic E-state index is 0.0368. The van der Waals surface area contributed by atoms with E-state index in [0.29, 0.717) is 0 Å². The normalized spacial score (nSPS) is 12.7. The number of halogens is 2. The van der Waals surface area contributed by atoms with Crippen LogP contribution < -0.4 is 4.72 Å². The van der Waals surface area contributed by atoms with Crippen LogP contribution in [0.1, 0.15) is 0 Å². The Bertz CT molecular complexity index is 671. The van der Waals surface area contributed by atoms with E-state index in [1.165, 1.54) is 26.2 Å². The molecule has 0 aliphatic rings. The Morgan fingerprint density at radius 1 is 1.21 bits per heavy atom. The van der Waals surface area contributed by atoms with Crippen LogP contribution >= 0.6 is 23.2 Å². The number of nitrogens with zero attached hydrogens (tertiary/aromatic N) is 1. The lowest BCUT2D eigenvalue weighted by atomic mass is 10.3. The van der Waals surface area contributed by atoms with E-state index in [-0.39, 0.29) is 15.6 Å². The number of hydrogen-bond acceptors (Lipinski definition) is 4. The number of benzene rings is 1. The molecule has 0 atom stereocenters. The van der Waals surface area contributed by atoms with Gasteiger partial charge in [-0.25, -0.2) is 21.1 Å². The molecule has 0 heterocycles. The average molecular weight is 347 g/mol. The van der Waals surface area contributed by atoms with Crippen molar-refractivity contribution in [2.75, 3.05) is 24.0 Å². The molecule has 0 aliphatic carbocycles. The molecule has 0 aliphatic heterocycles. The summed E-state index contributed by atoms with van der Waals surface area (Å²) < 4.78 is 49.7. The zero-order chi connectivity index (χ0) is 14.8. The summed E-state index contributed by atoms with van der Waals surface area (Å²) in [4.78, 5) is -0.0748. The summed E-state index contributed by atoms with van der Waals surface area (Å²) >= 11 is 11.1. The van der Waals surface area contributed by atoms with Crippen molar-refractivity contribution in [2.45, 2.75) is 4.90 Å². The van der Waals surface area contributed by atoms with Gasteiger partial charge in [0, 0.05) is 14.1 Å². The van der Waals surface area contributed by atoms with Gasteiger partial charge in [0.2, 0.25) is 20.0 Å². The van der Waals surface area contributed by atoms with Crippen molar-refractivity contribution in [3.63, 3.8) is 0 Å². The maximum Gasteiger partial charge on any atom is 0.246 e. The summed E-state index contributed by atoms with van der Waals surface area (Å²) in [7, 11) is -4.69. The van der Waals surface area contributed by atoms with Crippen molar-refractivity contribution in [3.8, 4) is 0 Å². The molecule has 0 bridgehead atoms. The summed E-state index contributed by atoms with van der Waals surface area (Å²) in [5.74, 6) is 0. The van der Waals surface area contributed by atoms with E-state index >= 15 is 0 Å². The first-order valence-corrected chi connectivity index (χ1v) is 8.89. The lowest BCUT2D eigenvalue weighted by molar-refractivity contribution is 0.521. The second-order valence-electron chi connectivity index (χ2n) is 3.75. The van der Waals surface area contributed by atoms with E-state index in [9.17, 15) is 16.8 Å². The van der Waals surface area contributed by atoms with Gasteiger partial charge >= 0.3 is 0 Å². The van der Waals surface area contributed by atoms with Gasteiger partial charge in [-0.1, -0.05) is 11.6 Å². The fourth-order valence-corrected chi connectivity index (χ4v) is 3.02. The highest BCUT2D eigenvalue weighted by atomic mass is 35.5. The van der Waals surface area contributed by atoms with Crippen molar-refractivity contribution in [2.24, 2.45) is 0 Å². The van der Waals surface area contributed by atoms with Crippen LogP contribution in [0.4, 0.5) is 5.69 Å². The van der Waals surface area contributed by atoms with Gasteiger partial charge in [0.25, 0.3) is 0 Å². The van der Waals surface area contributed by atoms with Crippen molar-refractivity contribution in [1.29, 1.82) is 0 Å². The van der Waals surface area contributed by atoms with Gasteiger partial charge in [0.1, 0.15) is 5.21 Å². The first-order chi connectivity index (χ1) is 8.60. The molecule has 1 aromatic rings. The molecular weight excluding hydrogens is 335 g/mol. The van der Waals surface area contributed by atoms with Crippen LogP contribution in [0.3, 0.4) is 0 Å². The van der Waals surface area contributed by atoms with Gasteiger partial charge in [-0.2, -0.15) is 0 Å². The predicted octanol–water partition coefficient (Wildman–Crippen LogP) is 1.53. The summed E-state index contributed by atoms with van der Waals surface area (Å²) in [6.45, 7) is 0. The molecule has 108 valence electrons. The van der Waals surface area contributed by atoms with E-state index in [4.69, 9.17) is 23.2 Å². The van der Waals surface area contributed by atoms with Crippen LogP contribution in [0.5, 0.6) is 0 Å². The zero-order valence-electron chi connectivity index (χ0n) is 10.1. The van der Waals surface area contributed by atoms with Crippen molar-refractivity contribution >= 4 is 48.9 Å². The predicted molar refractivity (Wildman–Crippen MR) is 75.6 cm³/mol. The maximum atomic E-state index is 11.9. The molecule has 0 aromatic heterocycles. The van der Waals surface area contributed by atoms with Crippen LogP contribution in [0.25, 0.3) is 0 Å². The number of alkyl halides is 1. The smallest absolute Gasteiger partial charge is 0.246 e. The van der Waals surface area contributed by atoms with Gasteiger partial charge in [-0.15, -0.1) is 11.6 Å². The van der Waals surface area contributed by atoms with Crippen molar-refractivity contribution < 1.29 is 16.8 Å². The minimum atomic E-state index is -3.75. The van der Waals surface area contributed by atoms with Crippen molar-refractivity contribution in [1.82, 2.24) is 4.31 Å². The number of sulfonamides is 2. The number of rotatable bonds is 5. The molecule has 1 N–H and O–H groups in total. The molecule has 0 fully saturated rings. The second kappa shape index (κ2) is 5.84. The van der Waals surface area contributed by atoms with Gasteiger partial charge in [-0.05, 0) is 18.2 Å². The van der Waals surface area contributed by atoms with E-state index in [1.54, 1.807) is 0 Å². The standard InChI is InChI=1S/C9H12Cl2N2O4S2/c1-13(2)19(16,17)7-3-4-8(11)9(5-7)12-18(14,15)6-10/h3-5,12H,6H2,1-2H3. The van der Waals surface area contributed by atoms with Crippen LogP contribution in [-0.4, -0.2) is 40.4 Å². The number of nitrogens with one attached hydrogen (secondary N) is 1. The van der Waals surface area contributed by atoms with Crippen LogP contribution in [0, 0.1) is 0 Å². The third-order valence-electron chi connectivity index (χ3n) is 2.13. The fraction of sp³-hybridized carbons (Fsp3) is 0.333. The molecule has 0 amide bonds. The van der Waals surface area contributed by atoms with Gasteiger partial charge in [-0.3, -0.25) is 4.72 Å². The van der Waals surface area contributed by atoms with E-state index in [1.807, 2.05) is 0 Å². The lowest BCUT2D eigenvalue weighted by Gasteiger charge is -2.13. The van der Waals surface area contributed by atoms with Crippen LogP contribution in [0.15, 0.2) is 23.1 Å². The molecular formula is C9H12Cl2N2O4S2. The number of hydrogen-bond donors (Lipinski definition) is 1. The molecule has 0 spiro atoms. The molecule has 1 aromatic carbocycles. The molecule has 6 nitrogen and oxygen atoms in total. The van der Waals surface area contributed by atoms with E-state index in [0.717, 1.165) is 10.4 Å². The number of anilines is 1. The highest BCUT2D eigenvalue weighted by Crippen LogP contribution is 2.27. The van der Waals surface area contributed by atoms with Crippen molar-refractivity contribution in [3.05, 3.63) is 23.2 Å². The first kappa shape index (κ1) is 16.5. The summed E-state index contributed by atoms with van der Waals surface area (Å²) in [6, 6.07) is 3.72. The quantitative estimate of drug-likeness (QED) is 0.819. The average Bonchev–Trinajstić information content (AvgIpc) is 2.31. The largest absolute Gasteiger partial charge is 0.281 e. The molecule has 1 rings (SSSR count). The topological polar surface area (TPSA) is 83.6 Å². The molecule has 0 radical (unpaired) electrons. The highest BCUT2D eigenvalue weighted by molar-refractivity contribution is 7.93. The molecule has 0 saturated heterocycles. The molecule has 10 heteroatoms. The SMILES string of the molecule is CN(C)S(=O)(=O)c1ccc(Cl)c(NS(=O)(=O)CCl)c1. The fourth-order valence-electron chi connectivity index (χ4n) is 1.15. The molecule has 0 saturated carbocycles. The summed E-state index contributed by atoms with van der Waals surface area (Å²) in [5.41, 5.74) is -0.0368. The molecule has 0 unspecified atom stereocenters. The highest BCUT2D eigenvalue weighted by Gasteiger charge is 2.20. The van der Waals surface area contributed by atoms with Gasteiger partial charge in [0.05, 0.1) is 15.6 Å². The third kappa shape index (κ3) is 3.96. The van der Waals surface area contributed by atoms with Crippen LogP contribution in [-0.2, 0) is 20.0 Å². The lowest BCUT2D eigenvalue weighted by Crippen LogP contribution is -2.22. The Morgan fingerprint density at radius 3 is 2.26 bits per heavy atom. The van der Waals surface area contributed by atoms with E-state index < -0.39 is 25.3 Å². The summed E-state index contributed by atoms with van der Waals surface area (Å²) in [6.07, 6.45) is 0. The Kier molecular flexibility index (Phi) is 5.08.